The third kappa shape index (κ3) is 12.0. The summed E-state index contributed by atoms with van der Waals surface area (Å²) in [5, 5.41) is 16.3. The molecule has 1 unspecified atom stereocenters. The van der Waals surface area contributed by atoms with Crippen LogP contribution >= 0.6 is 0 Å². The summed E-state index contributed by atoms with van der Waals surface area (Å²) in [5.41, 5.74) is 11.8. The van der Waals surface area contributed by atoms with Gasteiger partial charge in [-0.15, -0.1) is 0 Å². The van der Waals surface area contributed by atoms with Crippen molar-refractivity contribution in [3.8, 4) is 17.0 Å². The third-order valence-electron chi connectivity index (χ3n) is 7.08. The molecule has 0 aliphatic heterocycles. The minimum Gasteiger partial charge on any atom is -0.491 e. The quantitative estimate of drug-likeness (QED) is 0.0226. The lowest BCUT2D eigenvalue weighted by atomic mass is 10.0. The van der Waals surface area contributed by atoms with Crippen molar-refractivity contribution in [3.63, 3.8) is 0 Å². The van der Waals surface area contributed by atoms with Gasteiger partial charge in [-0.3, -0.25) is 10.1 Å². The van der Waals surface area contributed by atoms with Crippen LogP contribution in [0, 0.1) is 10.1 Å². The Morgan fingerprint density at radius 1 is 0.723 bits per heavy atom. The number of para-hydroxylation sites is 1. The number of aromatic nitrogens is 1. The van der Waals surface area contributed by atoms with Gasteiger partial charge in [0.15, 0.2) is 0 Å². The van der Waals surface area contributed by atoms with Crippen LogP contribution in [0.1, 0.15) is 11.6 Å². The molecule has 0 bridgehead atoms. The first-order chi connectivity index (χ1) is 23.2. The average Bonchev–Trinajstić information content (AvgIpc) is 3.48. The molecule has 1 atom stereocenters. The Balaban J connectivity index is 1.17. The largest absolute Gasteiger partial charge is 0.491 e. The maximum atomic E-state index is 11.9. The monoisotopic (exact) mass is 647 g/mol. The van der Waals surface area contributed by atoms with Gasteiger partial charge < -0.3 is 33.0 Å². The van der Waals surface area contributed by atoms with Crippen LogP contribution in [-0.4, -0.2) is 95.3 Å². The van der Waals surface area contributed by atoms with E-state index in [1.54, 1.807) is 0 Å². The van der Waals surface area contributed by atoms with Crippen LogP contribution < -0.4 is 4.74 Å². The van der Waals surface area contributed by atoms with Crippen LogP contribution in [0.3, 0.4) is 0 Å². The van der Waals surface area contributed by atoms with Gasteiger partial charge in [0, 0.05) is 33.0 Å². The topological polar surface area (TPSA) is 152 Å². The van der Waals surface area contributed by atoms with E-state index in [4.69, 9.17) is 34.0 Å². The minimum atomic E-state index is -0.546. The van der Waals surface area contributed by atoms with Gasteiger partial charge in [-0.05, 0) is 40.9 Å². The molecule has 0 aliphatic rings. The highest BCUT2D eigenvalue weighted by atomic mass is 16.6. The summed E-state index contributed by atoms with van der Waals surface area (Å²) in [6.07, 6.45) is 0. The first-order valence-corrected chi connectivity index (χ1v) is 15.6. The van der Waals surface area contributed by atoms with Crippen LogP contribution in [0.25, 0.3) is 32.6 Å². The molecule has 4 aromatic rings. The number of nitrogens with zero attached hydrogens (tertiary/aromatic N) is 5. The third-order valence-corrected chi connectivity index (χ3v) is 7.08. The van der Waals surface area contributed by atoms with Crippen molar-refractivity contribution in [3.05, 3.63) is 111 Å². The Bertz CT molecular complexity index is 1540. The highest BCUT2D eigenvalue weighted by Crippen LogP contribution is 2.35. The Morgan fingerprint density at radius 3 is 1.96 bits per heavy atom. The second-order valence-corrected chi connectivity index (χ2v) is 10.3. The van der Waals surface area contributed by atoms with Gasteiger partial charge in [0.25, 0.3) is 0 Å². The maximum Gasteiger partial charge on any atom is 0.228 e. The summed E-state index contributed by atoms with van der Waals surface area (Å²) >= 11 is 0. The van der Waals surface area contributed by atoms with Gasteiger partial charge in [-0.25, -0.2) is 0 Å². The van der Waals surface area contributed by atoms with Gasteiger partial charge in [-0.1, -0.05) is 65.8 Å². The molecule has 13 heteroatoms. The summed E-state index contributed by atoms with van der Waals surface area (Å²) in [4.78, 5) is 14.3. The van der Waals surface area contributed by atoms with E-state index in [2.05, 4.69) is 20.7 Å². The zero-order valence-corrected chi connectivity index (χ0v) is 26.4. The van der Waals surface area contributed by atoms with Crippen molar-refractivity contribution in [2.45, 2.75) is 6.04 Å². The molecule has 0 amide bonds. The van der Waals surface area contributed by atoms with Crippen LogP contribution in [0.4, 0.5) is 0 Å². The number of ether oxygens (including phenoxy) is 6. The Kier molecular flexibility index (Phi) is 15.5. The number of azide groups is 1. The highest BCUT2D eigenvalue weighted by molar-refractivity contribution is 5.87. The summed E-state index contributed by atoms with van der Waals surface area (Å²) in [7, 11) is 0. The second-order valence-electron chi connectivity index (χ2n) is 10.3. The summed E-state index contributed by atoms with van der Waals surface area (Å²) in [6.45, 7) is 4.66. The van der Waals surface area contributed by atoms with E-state index >= 15 is 0 Å². The number of rotatable bonds is 24. The molecule has 1 heterocycles. The molecule has 0 N–H and O–H groups in total. The van der Waals surface area contributed by atoms with Gasteiger partial charge in [0.2, 0.25) is 6.54 Å². The van der Waals surface area contributed by atoms with Crippen LogP contribution in [0.15, 0.2) is 90.0 Å². The van der Waals surface area contributed by atoms with Gasteiger partial charge in [0.1, 0.15) is 18.4 Å². The Morgan fingerprint density at radius 2 is 1.32 bits per heavy atom. The Labute approximate surface area is 273 Å². The molecule has 13 nitrogen and oxygen atoms in total. The molecule has 250 valence electrons. The normalized spacial score (nSPS) is 11.7. The van der Waals surface area contributed by atoms with E-state index in [1.165, 1.54) is 0 Å². The molecule has 47 heavy (non-hydrogen) atoms. The van der Waals surface area contributed by atoms with Crippen molar-refractivity contribution in [2.75, 3.05) is 85.8 Å². The van der Waals surface area contributed by atoms with Crippen molar-refractivity contribution < 1.29 is 33.3 Å². The zero-order valence-electron chi connectivity index (χ0n) is 26.4. The van der Waals surface area contributed by atoms with E-state index in [1.807, 2.05) is 78.9 Å². The number of fused-ring (bicyclic) bond motifs is 1. The summed E-state index contributed by atoms with van der Waals surface area (Å²) in [5.74, 6) is 0.618. The predicted molar refractivity (Wildman–Crippen MR) is 177 cm³/mol. The standard InChI is InChI=1S/C34H41N5O8/c35-37-36-13-14-42-15-16-43-17-18-44-19-20-45-21-22-46-23-24-47-31-11-6-10-29(25-31)34(27-38(40)41)39-32-12-5-4-9-30(32)26-33(39)28-7-2-1-3-8-28/h1-12,25-26,34H,13-24,27H2. The lowest BCUT2D eigenvalue weighted by Crippen LogP contribution is -2.21. The highest BCUT2D eigenvalue weighted by Gasteiger charge is 2.25. The van der Waals surface area contributed by atoms with Crippen LogP contribution in [0.5, 0.6) is 5.75 Å². The molecule has 4 rings (SSSR count). The smallest absolute Gasteiger partial charge is 0.228 e. The Hall–Kier alpha value is -4.49. The molecule has 0 saturated carbocycles. The fraction of sp³-hybridized carbons (Fsp3) is 0.412. The number of nitro groups is 1. The molecule has 0 spiro atoms. The molecule has 0 aliphatic carbocycles. The van der Waals surface area contributed by atoms with Gasteiger partial charge in [0.05, 0.1) is 66.1 Å². The van der Waals surface area contributed by atoms with Crippen molar-refractivity contribution in [2.24, 2.45) is 5.11 Å². The van der Waals surface area contributed by atoms with E-state index in [9.17, 15) is 10.1 Å². The van der Waals surface area contributed by atoms with Crippen molar-refractivity contribution >= 4 is 10.9 Å². The molecule has 3 aromatic carbocycles. The van der Waals surface area contributed by atoms with Crippen molar-refractivity contribution in [1.82, 2.24) is 4.57 Å². The maximum absolute atomic E-state index is 11.9. The zero-order chi connectivity index (χ0) is 32.9. The first-order valence-electron chi connectivity index (χ1n) is 15.6. The fourth-order valence-corrected chi connectivity index (χ4v) is 4.98. The van der Waals surface area contributed by atoms with Gasteiger partial charge >= 0.3 is 0 Å². The SMILES string of the molecule is [N-]=[N+]=NCCOCCOCCOCCOCCOCCOc1cccc(C(C[N+](=O)[O-])n2c(-c3ccccc3)cc3ccccc32)c1. The molecular weight excluding hydrogens is 606 g/mol. The second kappa shape index (κ2) is 20.6. The van der Waals surface area contributed by atoms with E-state index in [0.29, 0.717) is 85.0 Å². The number of benzene rings is 3. The van der Waals surface area contributed by atoms with Crippen LogP contribution in [0.2, 0.25) is 0 Å². The average molecular weight is 648 g/mol. The molecule has 0 fully saturated rings. The first kappa shape index (κ1) is 35.4. The number of hydrogen-bond acceptors (Lipinski definition) is 9. The van der Waals surface area contributed by atoms with Crippen LogP contribution in [-0.2, 0) is 23.7 Å². The number of hydrogen-bond donors (Lipinski definition) is 0. The summed E-state index contributed by atoms with van der Waals surface area (Å²) in [6, 6.07) is 26.9. The molecule has 1 aromatic heterocycles. The fourth-order valence-electron chi connectivity index (χ4n) is 4.98. The lowest BCUT2D eigenvalue weighted by Gasteiger charge is -2.21. The molecule has 0 radical (unpaired) electrons. The predicted octanol–water partition coefficient (Wildman–Crippen LogP) is 5.95. The van der Waals surface area contributed by atoms with E-state index in [-0.39, 0.29) is 11.5 Å². The van der Waals surface area contributed by atoms with Crippen molar-refractivity contribution in [1.29, 1.82) is 0 Å². The van der Waals surface area contributed by atoms with E-state index < -0.39 is 6.04 Å². The van der Waals surface area contributed by atoms with Gasteiger partial charge in [-0.2, -0.15) is 0 Å². The minimum absolute atomic E-state index is 0.268. The molecule has 0 saturated heterocycles. The lowest BCUT2D eigenvalue weighted by molar-refractivity contribution is -0.484. The summed E-state index contributed by atoms with van der Waals surface area (Å²) < 4.78 is 35.3. The molecular formula is C34H41N5O8. The van der Waals surface area contributed by atoms with E-state index in [0.717, 1.165) is 27.7 Å².